The Morgan fingerprint density at radius 3 is 2.62 bits per heavy atom. The van der Waals surface area contributed by atoms with Crippen molar-refractivity contribution in [2.75, 3.05) is 20.7 Å². The topological polar surface area (TPSA) is 83.7 Å². The van der Waals surface area contributed by atoms with Gasteiger partial charge < -0.3 is 24.7 Å². The van der Waals surface area contributed by atoms with E-state index in [2.05, 4.69) is 36.2 Å². The highest BCUT2D eigenvalue weighted by Crippen LogP contribution is 2.43. The Balaban J connectivity index is 1.71. The molecule has 0 fully saturated rings. The van der Waals surface area contributed by atoms with Gasteiger partial charge in [0.05, 0.1) is 22.2 Å². The standard InChI is InChI=1S/C25H33Cl2N3O4/c1-6-16(30(4)5)8-7-9-17-13-33-23-21(27)11-18(15(3)22(23)34-17)24(31)28-12-19-20(26)10-14(2)29-25(19)32/h10-11,16-17H,6-9,12-13H2,1-5H3,(H,28,31)(H,29,32). The summed E-state index contributed by atoms with van der Waals surface area (Å²) in [7, 11) is 4.21. The molecule has 1 aliphatic rings. The number of pyridine rings is 1. The first kappa shape index (κ1) is 26.4. The molecule has 0 radical (unpaired) electrons. The number of H-pyrrole nitrogens is 1. The molecule has 1 aliphatic heterocycles. The zero-order valence-corrected chi connectivity index (χ0v) is 21.9. The van der Waals surface area contributed by atoms with Gasteiger partial charge >= 0.3 is 0 Å². The van der Waals surface area contributed by atoms with Crippen LogP contribution in [-0.4, -0.2) is 48.6 Å². The van der Waals surface area contributed by atoms with Gasteiger partial charge in [0.15, 0.2) is 11.5 Å². The Labute approximate surface area is 210 Å². The number of carbonyl (C=O) groups excluding carboxylic acids is 1. The van der Waals surface area contributed by atoms with Gasteiger partial charge in [-0.05, 0) is 65.8 Å². The molecule has 3 rings (SSSR count). The van der Waals surface area contributed by atoms with Crippen LogP contribution in [0.2, 0.25) is 10.0 Å². The number of halogens is 2. The molecule has 0 aliphatic carbocycles. The molecular formula is C25H33Cl2N3O4. The molecule has 34 heavy (non-hydrogen) atoms. The van der Waals surface area contributed by atoms with Crippen molar-refractivity contribution in [2.24, 2.45) is 0 Å². The smallest absolute Gasteiger partial charge is 0.254 e. The quantitative estimate of drug-likeness (QED) is 0.503. The first-order chi connectivity index (χ1) is 16.1. The second kappa shape index (κ2) is 11.5. The van der Waals surface area contributed by atoms with E-state index < -0.39 is 0 Å². The molecule has 7 nitrogen and oxygen atoms in total. The maximum absolute atomic E-state index is 13.0. The van der Waals surface area contributed by atoms with Crippen LogP contribution in [0.4, 0.5) is 0 Å². The molecule has 1 aromatic heterocycles. The fraction of sp³-hybridized carbons (Fsp3) is 0.520. The van der Waals surface area contributed by atoms with E-state index in [4.69, 9.17) is 32.7 Å². The van der Waals surface area contributed by atoms with E-state index in [-0.39, 0.29) is 24.1 Å². The van der Waals surface area contributed by atoms with Crippen LogP contribution in [0.5, 0.6) is 11.5 Å². The number of aromatic amines is 1. The predicted octanol–water partition coefficient (Wildman–Crippen LogP) is 4.88. The second-order valence-corrected chi connectivity index (χ2v) is 9.80. The monoisotopic (exact) mass is 509 g/mol. The molecule has 0 saturated carbocycles. The molecule has 2 aromatic rings. The maximum Gasteiger partial charge on any atom is 0.254 e. The Bertz CT molecular complexity index is 1100. The largest absolute Gasteiger partial charge is 0.484 e. The van der Waals surface area contributed by atoms with Crippen molar-refractivity contribution in [3.63, 3.8) is 0 Å². The van der Waals surface area contributed by atoms with Gasteiger partial charge in [-0.15, -0.1) is 0 Å². The lowest BCUT2D eigenvalue weighted by Crippen LogP contribution is -2.32. The van der Waals surface area contributed by atoms with Gasteiger partial charge in [0.25, 0.3) is 11.5 Å². The zero-order chi connectivity index (χ0) is 25.0. The third-order valence-corrected chi connectivity index (χ3v) is 6.91. The van der Waals surface area contributed by atoms with Gasteiger partial charge in [0.1, 0.15) is 12.7 Å². The highest BCUT2D eigenvalue weighted by atomic mass is 35.5. The zero-order valence-electron chi connectivity index (χ0n) is 20.4. The minimum Gasteiger partial charge on any atom is -0.484 e. The van der Waals surface area contributed by atoms with E-state index in [1.807, 2.05) is 0 Å². The van der Waals surface area contributed by atoms with E-state index in [9.17, 15) is 9.59 Å². The van der Waals surface area contributed by atoms with E-state index in [1.165, 1.54) is 0 Å². The molecule has 2 N–H and O–H groups in total. The number of fused-ring (bicyclic) bond motifs is 1. The lowest BCUT2D eigenvalue weighted by molar-refractivity contribution is 0.0796. The molecule has 2 heterocycles. The van der Waals surface area contributed by atoms with Crippen molar-refractivity contribution in [1.29, 1.82) is 0 Å². The predicted molar refractivity (Wildman–Crippen MR) is 136 cm³/mol. The van der Waals surface area contributed by atoms with Crippen LogP contribution in [-0.2, 0) is 6.54 Å². The molecule has 1 aromatic carbocycles. The van der Waals surface area contributed by atoms with Crippen molar-refractivity contribution in [2.45, 2.75) is 65.1 Å². The van der Waals surface area contributed by atoms with Crippen LogP contribution < -0.4 is 20.3 Å². The highest BCUT2D eigenvalue weighted by molar-refractivity contribution is 6.33. The molecule has 0 spiro atoms. The highest BCUT2D eigenvalue weighted by Gasteiger charge is 2.28. The molecule has 9 heteroatoms. The number of amides is 1. The van der Waals surface area contributed by atoms with Crippen LogP contribution in [0.25, 0.3) is 0 Å². The van der Waals surface area contributed by atoms with E-state index in [1.54, 1.807) is 26.0 Å². The normalized spacial score (nSPS) is 15.9. The number of benzene rings is 1. The van der Waals surface area contributed by atoms with E-state index in [0.29, 0.717) is 56.6 Å². The van der Waals surface area contributed by atoms with E-state index in [0.717, 1.165) is 25.7 Å². The van der Waals surface area contributed by atoms with Crippen molar-refractivity contribution in [1.82, 2.24) is 15.2 Å². The molecule has 0 saturated heterocycles. The summed E-state index contributed by atoms with van der Waals surface area (Å²) in [5.74, 6) is 0.588. The summed E-state index contributed by atoms with van der Waals surface area (Å²) < 4.78 is 12.2. The van der Waals surface area contributed by atoms with Gasteiger partial charge in [-0.25, -0.2) is 0 Å². The van der Waals surface area contributed by atoms with Crippen LogP contribution in [0.3, 0.4) is 0 Å². The number of carbonyl (C=O) groups is 1. The summed E-state index contributed by atoms with van der Waals surface area (Å²) in [4.78, 5) is 30.1. The lowest BCUT2D eigenvalue weighted by Gasteiger charge is -2.30. The summed E-state index contributed by atoms with van der Waals surface area (Å²) in [6.45, 7) is 6.16. The summed E-state index contributed by atoms with van der Waals surface area (Å²) in [6, 6.07) is 3.76. The van der Waals surface area contributed by atoms with E-state index >= 15 is 0 Å². The van der Waals surface area contributed by atoms with Gasteiger partial charge in [0.2, 0.25) is 0 Å². The lowest BCUT2D eigenvalue weighted by atomic mass is 10.0. The van der Waals surface area contributed by atoms with Gasteiger partial charge in [-0.3, -0.25) is 9.59 Å². The van der Waals surface area contributed by atoms with Gasteiger partial charge in [-0.2, -0.15) is 0 Å². The number of aryl methyl sites for hydroxylation is 1. The number of hydrogen-bond donors (Lipinski definition) is 2. The SMILES string of the molecule is CCC(CCCC1COc2c(Cl)cc(C(=O)NCc3c(Cl)cc(C)[nH]c3=O)c(C)c2O1)N(C)C. The summed E-state index contributed by atoms with van der Waals surface area (Å²) >= 11 is 12.6. The third-order valence-electron chi connectivity index (χ3n) is 6.29. The Morgan fingerprint density at radius 1 is 1.24 bits per heavy atom. The Hall–Kier alpha value is -2.22. The number of nitrogens with zero attached hydrogens (tertiary/aromatic N) is 1. The van der Waals surface area contributed by atoms with Crippen molar-refractivity contribution < 1.29 is 14.3 Å². The minimum atomic E-state index is -0.374. The molecule has 186 valence electrons. The van der Waals surface area contributed by atoms with Crippen LogP contribution in [0.15, 0.2) is 16.9 Å². The molecule has 2 unspecified atom stereocenters. The number of nitrogens with one attached hydrogen (secondary N) is 2. The Morgan fingerprint density at radius 2 is 1.97 bits per heavy atom. The second-order valence-electron chi connectivity index (χ2n) is 8.99. The minimum absolute atomic E-state index is 0.00806. The maximum atomic E-state index is 13.0. The summed E-state index contributed by atoms with van der Waals surface area (Å²) in [6.07, 6.45) is 3.94. The van der Waals surface area contributed by atoms with Crippen LogP contribution in [0.1, 0.15) is 59.8 Å². The first-order valence-corrected chi connectivity index (χ1v) is 12.3. The molecular weight excluding hydrogens is 477 g/mol. The van der Waals surface area contributed by atoms with Crippen molar-refractivity contribution >= 4 is 29.1 Å². The summed E-state index contributed by atoms with van der Waals surface area (Å²) in [5, 5.41) is 3.38. The van der Waals surface area contributed by atoms with Crippen LogP contribution in [0, 0.1) is 13.8 Å². The molecule has 2 atom stereocenters. The van der Waals surface area contributed by atoms with Gasteiger partial charge in [-0.1, -0.05) is 30.1 Å². The summed E-state index contributed by atoms with van der Waals surface area (Å²) in [5.41, 5.74) is 1.63. The number of rotatable bonds is 9. The average Bonchev–Trinajstić information content (AvgIpc) is 2.77. The van der Waals surface area contributed by atoms with Crippen molar-refractivity contribution in [3.8, 4) is 11.5 Å². The fourth-order valence-electron chi connectivity index (χ4n) is 4.25. The average molecular weight is 510 g/mol. The Kier molecular flexibility index (Phi) is 8.90. The van der Waals surface area contributed by atoms with Gasteiger partial charge in [0, 0.05) is 22.9 Å². The van der Waals surface area contributed by atoms with Crippen LogP contribution >= 0.6 is 23.2 Å². The fourth-order valence-corrected chi connectivity index (χ4v) is 4.81. The molecule has 1 amide bonds. The number of aromatic nitrogens is 1. The number of ether oxygens (including phenoxy) is 2. The van der Waals surface area contributed by atoms with Crippen molar-refractivity contribution in [3.05, 3.63) is 54.9 Å². The third kappa shape index (κ3) is 6.06. The number of hydrogen-bond acceptors (Lipinski definition) is 5. The molecule has 0 bridgehead atoms. The first-order valence-electron chi connectivity index (χ1n) is 11.6.